The summed E-state index contributed by atoms with van der Waals surface area (Å²) in [4.78, 5) is 14.0. The zero-order valence-electron chi connectivity index (χ0n) is 17.2. The fourth-order valence-electron chi connectivity index (χ4n) is 3.93. The Kier molecular flexibility index (Phi) is 7.66. The Labute approximate surface area is 159 Å². The maximum absolute atomic E-state index is 12.6. The Bertz CT molecular complexity index is 566. The van der Waals surface area contributed by atoms with Crippen LogP contribution in [0.2, 0.25) is 0 Å². The van der Waals surface area contributed by atoms with Gasteiger partial charge < -0.3 is 15.0 Å². The van der Waals surface area contributed by atoms with E-state index in [2.05, 4.69) is 64.4 Å². The second kappa shape index (κ2) is 9.52. The fraction of sp³-hybridized carbons (Fsp3) is 0.682. The molecule has 1 heterocycles. The first-order valence-electron chi connectivity index (χ1n) is 10.0. The number of carbonyl (C=O) groups is 1. The molecule has 2 N–H and O–H groups in total. The molecule has 26 heavy (non-hydrogen) atoms. The van der Waals surface area contributed by atoms with E-state index in [1.807, 2.05) is 0 Å². The van der Waals surface area contributed by atoms with Crippen LogP contribution in [0, 0.1) is 12.8 Å². The predicted octanol–water partition coefficient (Wildman–Crippen LogP) is 2.32. The molecule has 1 fully saturated rings. The van der Waals surface area contributed by atoms with E-state index in [4.69, 9.17) is 4.74 Å². The predicted molar refractivity (Wildman–Crippen MR) is 107 cm³/mol. The molecule has 0 unspecified atom stereocenters. The van der Waals surface area contributed by atoms with E-state index in [1.165, 1.54) is 16.0 Å². The lowest BCUT2D eigenvalue weighted by Crippen LogP contribution is -3.05. The van der Waals surface area contributed by atoms with Gasteiger partial charge in [-0.1, -0.05) is 29.8 Å². The zero-order valence-corrected chi connectivity index (χ0v) is 17.2. The van der Waals surface area contributed by atoms with Gasteiger partial charge in [0, 0.05) is 26.0 Å². The number of hydrogen-bond acceptors (Lipinski definition) is 2. The molecule has 1 amide bonds. The van der Waals surface area contributed by atoms with E-state index >= 15 is 0 Å². The molecule has 0 aromatic heterocycles. The fourth-order valence-corrected chi connectivity index (χ4v) is 3.93. The van der Waals surface area contributed by atoms with E-state index in [1.54, 1.807) is 0 Å². The summed E-state index contributed by atoms with van der Waals surface area (Å²) in [6, 6.07) is 8.71. The van der Waals surface area contributed by atoms with Gasteiger partial charge in [-0.3, -0.25) is 4.79 Å². The van der Waals surface area contributed by atoms with E-state index in [0.29, 0.717) is 12.3 Å². The highest BCUT2D eigenvalue weighted by Gasteiger charge is 2.35. The van der Waals surface area contributed by atoms with Crippen molar-refractivity contribution in [2.75, 3.05) is 33.8 Å². The maximum atomic E-state index is 12.6. The van der Waals surface area contributed by atoms with Gasteiger partial charge >= 0.3 is 0 Å². The van der Waals surface area contributed by atoms with Gasteiger partial charge in [-0.05, 0) is 51.0 Å². The van der Waals surface area contributed by atoms with E-state index in [0.717, 1.165) is 39.0 Å². The summed E-state index contributed by atoms with van der Waals surface area (Å²) in [5, 5.41) is 3.13. The summed E-state index contributed by atoms with van der Waals surface area (Å²) in [5.41, 5.74) is 2.44. The number of benzene rings is 1. The Morgan fingerprint density at radius 3 is 2.62 bits per heavy atom. The molecule has 4 nitrogen and oxygen atoms in total. The minimum atomic E-state index is -0.100. The Hall–Kier alpha value is -1.39. The smallest absolute Gasteiger partial charge is 0.220 e. The third-order valence-electron chi connectivity index (χ3n) is 5.39. The van der Waals surface area contributed by atoms with Gasteiger partial charge in [-0.25, -0.2) is 0 Å². The Morgan fingerprint density at radius 2 is 2.00 bits per heavy atom. The molecule has 1 aromatic rings. The summed E-state index contributed by atoms with van der Waals surface area (Å²) >= 11 is 0. The van der Waals surface area contributed by atoms with Crippen LogP contribution < -0.4 is 10.2 Å². The number of carbonyl (C=O) groups excluding carboxylic acids is 1. The van der Waals surface area contributed by atoms with Crippen LogP contribution in [-0.4, -0.2) is 45.3 Å². The van der Waals surface area contributed by atoms with Crippen molar-refractivity contribution in [1.82, 2.24) is 5.32 Å². The highest BCUT2D eigenvalue weighted by molar-refractivity contribution is 5.76. The van der Waals surface area contributed by atoms with E-state index < -0.39 is 0 Å². The largest absolute Gasteiger partial charge is 0.376 e. The maximum Gasteiger partial charge on any atom is 0.220 e. The van der Waals surface area contributed by atoms with Gasteiger partial charge in [-0.15, -0.1) is 0 Å². The molecule has 0 spiro atoms. The summed E-state index contributed by atoms with van der Waals surface area (Å²) in [6.45, 7) is 9.06. The van der Waals surface area contributed by atoms with Crippen LogP contribution in [-0.2, 0) is 9.53 Å². The summed E-state index contributed by atoms with van der Waals surface area (Å²) in [5.74, 6) is 0.922. The molecule has 1 aliphatic rings. The first-order valence-corrected chi connectivity index (χ1v) is 10.0. The van der Waals surface area contributed by atoms with Crippen LogP contribution in [0.4, 0.5) is 0 Å². The zero-order chi connectivity index (χ0) is 19.2. The highest BCUT2D eigenvalue weighted by Crippen LogP contribution is 2.40. The summed E-state index contributed by atoms with van der Waals surface area (Å²) in [7, 11) is 4.28. The second-order valence-electron chi connectivity index (χ2n) is 8.74. The van der Waals surface area contributed by atoms with Gasteiger partial charge in [0.1, 0.15) is 0 Å². The van der Waals surface area contributed by atoms with Crippen molar-refractivity contribution in [1.29, 1.82) is 0 Å². The van der Waals surface area contributed by atoms with Crippen molar-refractivity contribution in [3.63, 3.8) is 0 Å². The van der Waals surface area contributed by atoms with E-state index in [-0.39, 0.29) is 17.4 Å². The number of ether oxygens (including phenoxy) is 1. The van der Waals surface area contributed by atoms with Crippen molar-refractivity contribution in [3.05, 3.63) is 35.4 Å². The number of rotatable bonds is 8. The molecular formula is C22H37N2O2+. The van der Waals surface area contributed by atoms with E-state index in [9.17, 15) is 4.79 Å². The second-order valence-corrected chi connectivity index (χ2v) is 8.74. The monoisotopic (exact) mass is 361 g/mol. The lowest BCUT2D eigenvalue weighted by molar-refractivity contribution is -0.858. The van der Waals surface area contributed by atoms with Gasteiger partial charge in [0.25, 0.3) is 0 Å². The molecule has 2 rings (SSSR count). The average Bonchev–Trinajstić information content (AvgIpc) is 2.56. The number of amides is 1. The van der Waals surface area contributed by atoms with Gasteiger partial charge in [-0.2, -0.15) is 0 Å². The molecule has 146 valence electrons. The van der Waals surface area contributed by atoms with Crippen LogP contribution >= 0.6 is 0 Å². The minimum absolute atomic E-state index is 0.100. The lowest BCUT2D eigenvalue weighted by Gasteiger charge is -2.39. The molecule has 0 bridgehead atoms. The third kappa shape index (κ3) is 6.73. The van der Waals surface area contributed by atoms with Crippen molar-refractivity contribution in [2.45, 2.75) is 58.0 Å². The molecule has 2 atom stereocenters. The Balaban J connectivity index is 2.03. The standard InChI is InChI=1S/C22H36N2O2/c1-17-7-9-18(10-8-17)20(19-11-14-26-22(2,3)16-19)15-21(25)23-12-6-13-24(4)5/h7-10,19-20H,6,11-16H2,1-5H3,(H,23,25)/p+1/t19-,20-/m1/s1. The summed E-state index contributed by atoms with van der Waals surface area (Å²) < 4.78 is 5.90. The Morgan fingerprint density at radius 1 is 1.31 bits per heavy atom. The average molecular weight is 362 g/mol. The van der Waals surface area contributed by atoms with Crippen LogP contribution in [0.1, 0.15) is 56.6 Å². The van der Waals surface area contributed by atoms with Gasteiger partial charge in [0.2, 0.25) is 5.91 Å². The number of aryl methyl sites for hydroxylation is 1. The first kappa shape index (κ1) is 20.9. The number of hydrogen-bond donors (Lipinski definition) is 2. The number of quaternary nitrogens is 1. The highest BCUT2D eigenvalue weighted by atomic mass is 16.5. The lowest BCUT2D eigenvalue weighted by atomic mass is 9.75. The topological polar surface area (TPSA) is 42.8 Å². The minimum Gasteiger partial charge on any atom is -0.376 e. The van der Waals surface area contributed by atoms with Crippen molar-refractivity contribution in [2.24, 2.45) is 5.92 Å². The van der Waals surface area contributed by atoms with Crippen LogP contribution in [0.25, 0.3) is 0 Å². The quantitative estimate of drug-likeness (QED) is 0.698. The summed E-state index contributed by atoms with van der Waals surface area (Å²) in [6.07, 6.45) is 3.62. The molecule has 4 heteroatoms. The van der Waals surface area contributed by atoms with Crippen molar-refractivity contribution >= 4 is 5.91 Å². The van der Waals surface area contributed by atoms with Crippen molar-refractivity contribution in [3.8, 4) is 0 Å². The molecule has 0 aliphatic carbocycles. The van der Waals surface area contributed by atoms with Crippen molar-refractivity contribution < 1.29 is 14.4 Å². The van der Waals surface area contributed by atoms with Gasteiger partial charge in [0.05, 0.1) is 26.2 Å². The number of nitrogens with one attached hydrogen (secondary N) is 2. The molecule has 0 radical (unpaired) electrons. The molecule has 1 aliphatic heterocycles. The molecule has 1 saturated heterocycles. The molecular weight excluding hydrogens is 324 g/mol. The van der Waals surface area contributed by atoms with Gasteiger partial charge in [0.15, 0.2) is 0 Å². The van der Waals surface area contributed by atoms with Crippen LogP contribution in [0.15, 0.2) is 24.3 Å². The van der Waals surface area contributed by atoms with Crippen LogP contribution in [0.5, 0.6) is 0 Å². The molecule has 1 aromatic carbocycles. The first-order chi connectivity index (χ1) is 12.3. The molecule has 0 saturated carbocycles. The third-order valence-corrected chi connectivity index (χ3v) is 5.39. The normalized spacial score (nSPS) is 20.8. The van der Waals surface area contributed by atoms with Crippen LogP contribution in [0.3, 0.4) is 0 Å². The SMILES string of the molecule is Cc1ccc([C@@H](CC(=O)NCCC[NH+](C)C)[C@@H]2CCOC(C)(C)C2)cc1.